The molecule has 0 unspecified atom stereocenters. The molecule has 9 nitrogen and oxygen atoms in total. The number of carbonyl (C=O) groups is 2. The number of benzene rings is 1. The van der Waals surface area contributed by atoms with Gasteiger partial charge in [-0.05, 0) is 55.4 Å². The van der Waals surface area contributed by atoms with Crippen molar-refractivity contribution in [2.24, 2.45) is 0 Å². The summed E-state index contributed by atoms with van der Waals surface area (Å²) in [5.41, 5.74) is 1.36. The molecule has 0 aliphatic carbocycles. The van der Waals surface area contributed by atoms with Gasteiger partial charge in [0.2, 0.25) is 5.75 Å². The fourth-order valence-corrected chi connectivity index (χ4v) is 4.68. The van der Waals surface area contributed by atoms with Gasteiger partial charge < -0.3 is 14.9 Å². The zero-order chi connectivity index (χ0) is 22.7. The summed E-state index contributed by atoms with van der Waals surface area (Å²) >= 11 is 4.25. The highest BCUT2D eigenvalue weighted by atomic mass is 79.9. The van der Waals surface area contributed by atoms with Gasteiger partial charge in [0.15, 0.2) is 5.75 Å². The largest absolute Gasteiger partial charge is 0.485 e. The lowest BCUT2D eigenvalue weighted by Crippen LogP contribution is -2.27. The quantitative estimate of drug-likeness (QED) is 0.333. The number of rotatable bonds is 6. The zero-order valence-electron chi connectivity index (χ0n) is 17.2. The van der Waals surface area contributed by atoms with Crippen LogP contribution in [0.15, 0.2) is 33.9 Å². The molecule has 2 aliphatic rings. The van der Waals surface area contributed by atoms with E-state index in [9.17, 15) is 14.8 Å². The van der Waals surface area contributed by atoms with Gasteiger partial charge in [0.25, 0.3) is 11.1 Å². The number of aromatic nitrogens is 2. The number of nitrogens with one attached hydrogen (secondary N) is 1. The summed E-state index contributed by atoms with van der Waals surface area (Å²) in [5.74, 6) is 1.20. The number of carbonyl (C=O) groups excluding carboxylic acids is 2. The first kappa shape index (κ1) is 22.7. The van der Waals surface area contributed by atoms with Crippen LogP contribution in [0.2, 0.25) is 0 Å². The number of nitrogens with zero attached hydrogens (tertiary/aromatic N) is 3. The number of halogens is 1. The maximum absolute atomic E-state index is 12.2. The van der Waals surface area contributed by atoms with Gasteiger partial charge in [0.1, 0.15) is 12.4 Å². The van der Waals surface area contributed by atoms with Crippen molar-refractivity contribution in [1.82, 2.24) is 20.2 Å². The molecule has 2 aromatic rings. The zero-order valence-corrected chi connectivity index (χ0v) is 19.6. The average molecular weight is 521 g/mol. The van der Waals surface area contributed by atoms with Crippen molar-refractivity contribution in [2.75, 3.05) is 20.1 Å². The van der Waals surface area contributed by atoms with Crippen LogP contribution in [0.25, 0.3) is 6.08 Å². The monoisotopic (exact) mass is 520 g/mol. The molecule has 2 fully saturated rings. The fourth-order valence-electron chi connectivity index (χ4n) is 3.42. The van der Waals surface area contributed by atoms with Gasteiger partial charge in [0, 0.05) is 41.5 Å². The lowest BCUT2D eigenvalue weighted by molar-refractivity contribution is -0.139. The second-order valence-electron chi connectivity index (χ2n) is 7.41. The van der Waals surface area contributed by atoms with Gasteiger partial charge in [-0.1, -0.05) is 15.9 Å². The summed E-state index contributed by atoms with van der Waals surface area (Å²) in [4.78, 5) is 38.7. The molecule has 0 bridgehead atoms. The number of amides is 2. The molecule has 4 rings (SSSR count). The van der Waals surface area contributed by atoms with Gasteiger partial charge in [-0.15, -0.1) is 0 Å². The van der Waals surface area contributed by atoms with Gasteiger partial charge in [-0.3, -0.25) is 14.5 Å². The van der Waals surface area contributed by atoms with Crippen LogP contribution in [0.3, 0.4) is 0 Å². The van der Waals surface area contributed by atoms with E-state index in [2.05, 4.69) is 36.1 Å². The SMILES string of the molecule is CN1C(=O)S/C(=C\c2cc(OCc3cnc(C4CCNCC4)nc3)c(OO)cc2Br)C1=O. The van der Waals surface area contributed by atoms with Crippen molar-refractivity contribution in [2.45, 2.75) is 25.4 Å². The molecule has 168 valence electrons. The Balaban J connectivity index is 1.50. The fraction of sp³-hybridized carbons (Fsp3) is 0.333. The lowest BCUT2D eigenvalue weighted by Gasteiger charge is -2.21. The Morgan fingerprint density at radius 3 is 2.59 bits per heavy atom. The Morgan fingerprint density at radius 2 is 1.97 bits per heavy atom. The van der Waals surface area contributed by atoms with E-state index in [0.717, 1.165) is 54.0 Å². The van der Waals surface area contributed by atoms with Crippen LogP contribution in [-0.4, -0.2) is 51.4 Å². The Kier molecular flexibility index (Phi) is 7.09. The van der Waals surface area contributed by atoms with Crippen LogP contribution in [0.4, 0.5) is 4.79 Å². The molecule has 2 saturated heterocycles. The predicted molar refractivity (Wildman–Crippen MR) is 122 cm³/mol. The summed E-state index contributed by atoms with van der Waals surface area (Å²) in [6.07, 6.45) is 7.10. The highest BCUT2D eigenvalue weighted by Gasteiger charge is 2.32. The van der Waals surface area contributed by atoms with Crippen LogP contribution in [-0.2, 0) is 11.4 Å². The van der Waals surface area contributed by atoms with E-state index in [1.54, 1.807) is 24.5 Å². The number of hydrogen-bond donors (Lipinski definition) is 2. The average Bonchev–Trinajstić information content (AvgIpc) is 3.06. The van der Waals surface area contributed by atoms with E-state index in [1.807, 2.05) is 0 Å². The first-order chi connectivity index (χ1) is 15.5. The lowest BCUT2D eigenvalue weighted by atomic mass is 9.97. The van der Waals surface area contributed by atoms with E-state index in [1.165, 1.54) is 13.1 Å². The molecule has 2 N–H and O–H groups in total. The Morgan fingerprint density at radius 1 is 1.25 bits per heavy atom. The van der Waals surface area contributed by atoms with E-state index < -0.39 is 0 Å². The van der Waals surface area contributed by atoms with E-state index in [0.29, 0.717) is 20.9 Å². The van der Waals surface area contributed by atoms with Crippen molar-refractivity contribution in [1.29, 1.82) is 0 Å². The van der Waals surface area contributed by atoms with Crippen molar-refractivity contribution < 1.29 is 24.5 Å². The third-order valence-corrected chi connectivity index (χ3v) is 6.91. The van der Waals surface area contributed by atoms with E-state index in [-0.39, 0.29) is 29.3 Å². The molecule has 1 aromatic heterocycles. The van der Waals surface area contributed by atoms with Crippen molar-refractivity contribution in [3.05, 3.63) is 50.9 Å². The molecule has 11 heteroatoms. The smallest absolute Gasteiger partial charge is 0.293 e. The Labute approximate surface area is 197 Å². The third kappa shape index (κ3) is 4.96. The minimum absolute atomic E-state index is 0.102. The molecule has 1 aromatic carbocycles. The number of piperidine rings is 1. The molecule has 2 amide bonds. The van der Waals surface area contributed by atoms with Crippen LogP contribution in [0.1, 0.15) is 35.7 Å². The minimum atomic E-state index is -0.372. The molecule has 0 radical (unpaired) electrons. The van der Waals surface area contributed by atoms with Gasteiger partial charge in [0.05, 0.1) is 4.91 Å². The number of imide groups is 1. The Hall–Kier alpha value is -2.47. The summed E-state index contributed by atoms with van der Waals surface area (Å²) in [6, 6.07) is 3.14. The van der Waals surface area contributed by atoms with Gasteiger partial charge in [-0.2, -0.15) is 0 Å². The van der Waals surface area contributed by atoms with Crippen molar-refractivity contribution >= 4 is 44.9 Å². The van der Waals surface area contributed by atoms with Gasteiger partial charge in [-0.25, -0.2) is 15.2 Å². The van der Waals surface area contributed by atoms with E-state index in [4.69, 9.17) is 4.74 Å². The van der Waals surface area contributed by atoms with Crippen LogP contribution >= 0.6 is 27.7 Å². The van der Waals surface area contributed by atoms with Gasteiger partial charge >= 0.3 is 0 Å². The Bertz CT molecular complexity index is 1060. The molecule has 32 heavy (non-hydrogen) atoms. The summed E-state index contributed by atoms with van der Waals surface area (Å²) in [6.45, 7) is 2.11. The standard InChI is InChI=1S/C21H21BrN4O5S/c1-26-20(27)18(32-21(26)28)7-14-6-16(17(31-29)8-15(14)22)30-11-12-9-24-19(25-10-12)13-2-4-23-5-3-13/h6-10,13,23,29H,2-5,11H2,1H3/b18-7-. The second kappa shape index (κ2) is 9.99. The maximum Gasteiger partial charge on any atom is 0.293 e. The summed E-state index contributed by atoms with van der Waals surface area (Å²) in [5, 5.41) is 12.2. The number of likely N-dealkylation sites (N-methyl/N-ethyl adjacent to an activating group) is 1. The van der Waals surface area contributed by atoms with Crippen LogP contribution < -0.4 is 14.9 Å². The van der Waals surface area contributed by atoms with E-state index >= 15 is 0 Å². The summed E-state index contributed by atoms with van der Waals surface area (Å²) < 4.78 is 6.40. The first-order valence-electron chi connectivity index (χ1n) is 9.97. The molecule has 0 atom stereocenters. The van der Waals surface area contributed by atoms with Crippen molar-refractivity contribution in [3.8, 4) is 11.5 Å². The highest BCUT2D eigenvalue weighted by Crippen LogP contribution is 2.38. The number of hydrogen-bond acceptors (Lipinski definition) is 9. The molecule has 0 spiro atoms. The van der Waals surface area contributed by atoms with Crippen LogP contribution in [0.5, 0.6) is 11.5 Å². The predicted octanol–water partition coefficient (Wildman–Crippen LogP) is 3.80. The third-order valence-electron chi connectivity index (χ3n) is 5.26. The maximum atomic E-state index is 12.2. The summed E-state index contributed by atoms with van der Waals surface area (Å²) in [7, 11) is 1.43. The first-order valence-corrected chi connectivity index (χ1v) is 11.6. The second-order valence-corrected chi connectivity index (χ2v) is 9.26. The normalized spacial score (nSPS) is 18.5. The molecule has 0 saturated carbocycles. The highest BCUT2D eigenvalue weighted by molar-refractivity contribution is 9.10. The van der Waals surface area contributed by atoms with Crippen molar-refractivity contribution in [3.63, 3.8) is 0 Å². The molecule has 3 heterocycles. The molecular formula is C21H21BrN4O5S. The molecular weight excluding hydrogens is 500 g/mol. The number of ether oxygens (including phenoxy) is 1. The minimum Gasteiger partial charge on any atom is -0.485 e. The number of thioether (sulfide) groups is 1. The van der Waals surface area contributed by atoms with Crippen LogP contribution in [0, 0.1) is 0 Å². The topological polar surface area (TPSA) is 114 Å². The molecule has 2 aliphatic heterocycles.